The summed E-state index contributed by atoms with van der Waals surface area (Å²) in [6.07, 6.45) is 2.76. The molecule has 0 aromatic heterocycles. The summed E-state index contributed by atoms with van der Waals surface area (Å²) >= 11 is 0. The van der Waals surface area contributed by atoms with Crippen LogP contribution in [0, 0.1) is 0 Å². The lowest BCUT2D eigenvalue weighted by Gasteiger charge is -2.13. The van der Waals surface area contributed by atoms with E-state index in [1.54, 1.807) is 13.2 Å². The molecule has 16 heavy (non-hydrogen) atoms. The second kappa shape index (κ2) is 5.54. The summed E-state index contributed by atoms with van der Waals surface area (Å²) < 4.78 is 5.22. The Morgan fingerprint density at radius 1 is 1.44 bits per heavy atom. The standard InChI is InChI=1S/C13H18O3/c1-4-5-6-10-12(16-3)8-7-11(15)13(10)9(2)14/h7-8,15H,4-6H2,1-3H3. The molecular formula is C13H18O3. The number of aromatic hydroxyl groups is 1. The number of phenols is 1. The van der Waals surface area contributed by atoms with Crippen molar-refractivity contribution in [1.82, 2.24) is 0 Å². The maximum absolute atomic E-state index is 11.5. The fourth-order valence-corrected chi connectivity index (χ4v) is 1.80. The monoisotopic (exact) mass is 222 g/mol. The van der Waals surface area contributed by atoms with Crippen LogP contribution in [0.4, 0.5) is 0 Å². The van der Waals surface area contributed by atoms with Crippen molar-refractivity contribution in [3.8, 4) is 11.5 Å². The van der Waals surface area contributed by atoms with E-state index in [1.165, 1.54) is 13.0 Å². The van der Waals surface area contributed by atoms with Gasteiger partial charge in [0, 0.05) is 5.56 Å². The van der Waals surface area contributed by atoms with Gasteiger partial charge in [-0.05, 0) is 31.9 Å². The number of hydrogen-bond donors (Lipinski definition) is 1. The van der Waals surface area contributed by atoms with Gasteiger partial charge in [0.15, 0.2) is 5.78 Å². The largest absolute Gasteiger partial charge is 0.507 e. The lowest BCUT2D eigenvalue weighted by Crippen LogP contribution is -2.03. The number of carbonyl (C=O) groups excluding carboxylic acids is 1. The first kappa shape index (κ1) is 12.6. The van der Waals surface area contributed by atoms with Crippen LogP contribution in [-0.4, -0.2) is 18.0 Å². The summed E-state index contributed by atoms with van der Waals surface area (Å²) in [4.78, 5) is 11.5. The third-order valence-electron chi connectivity index (χ3n) is 2.60. The minimum atomic E-state index is -0.123. The number of ether oxygens (including phenoxy) is 1. The van der Waals surface area contributed by atoms with Gasteiger partial charge in [-0.15, -0.1) is 0 Å². The molecule has 0 aliphatic heterocycles. The van der Waals surface area contributed by atoms with Crippen LogP contribution in [0.1, 0.15) is 42.6 Å². The number of unbranched alkanes of at least 4 members (excludes halogenated alkanes) is 1. The van der Waals surface area contributed by atoms with Gasteiger partial charge in [0.25, 0.3) is 0 Å². The van der Waals surface area contributed by atoms with E-state index in [1.807, 2.05) is 0 Å². The molecule has 0 amide bonds. The summed E-state index contributed by atoms with van der Waals surface area (Å²) in [5.74, 6) is 0.596. The van der Waals surface area contributed by atoms with E-state index in [0.29, 0.717) is 11.3 Å². The van der Waals surface area contributed by atoms with Gasteiger partial charge in [0.1, 0.15) is 11.5 Å². The Labute approximate surface area is 96.1 Å². The SMILES string of the molecule is CCCCc1c(OC)ccc(O)c1C(C)=O. The van der Waals surface area contributed by atoms with Crippen LogP contribution in [0.15, 0.2) is 12.1 Å². The molecule has 0 radical (unpaired) electrons. The quantitative estimate of drug-likeness (QED) is 0.779. The highest BCUT2D eigenvalue weighted by Gasteiger charge is 2.16. The molecule has 1 aromatic carbocycles. The minimum Gasteiger partial charge on any atom is -0.507 e. The smallest absolute Gasteiger partial charge is 0.163 e. The molecule has 0 spiro atoms. The van der Waals surface area contributed by atoms with E-state index in [0.717, 1.165) is 24.8 Å². The Bertz CT molecular complexity index is 383. The molecule has 88 valence electrons. The van der Waals surface area contributed by atoms with Crippen molar-refractivity contribution in [3.63, 3.8) is 0 Å². The Morgan fingerprint density at radius 3 is 2.62 bits per heavy atom. The second-order valence-corrected chi connectivity index (χ2v) is 3.80. The van der Waals surface area contributed by atoms with Crippen LogP contribution >= 0.6 is 0 Å². The molecule has 0 atom stereocenters. The highest BCUT2D eigenvalue weighted by Crippen LogP contribution is 2.31. The van der Waals surface area contributed by atoms with Crippen LogP contribution in [-0.2, 0) is 6.42 Å². The molecule has 0 saturated carbocycles. The molecule has 0 aliphatic carbocycles. The zero-order chi connectivity index (χ0) is 12.1. The fraction of sp³-hybridized carbons (Fsp3) is 0.462. The summed E-state index contributed by atoms with van der Waals surface area (Å²) in [6, 6.07) is 3.21. The lowest BCUT2D eigenvalue weighted by molar-refractivity contribution is 0.101. The van der Waals surface area contributed by atoms with Gasteiger partial charge >= 0.3 is 0 Å². The molecule has 1 N–H and O–H groups in total. The topological polar surface area (TPSA) is 46.5 Å². The Hall–Kier alpha value is -1.51. The first-order valence-corrected chi connectivity index (χ1v) is 5.51. The predicted octanol–water partition coefficient (Wildman–Crippen LogP) is 2.95. The fourth-order valence-electron chi connectivity index (χ4n) is 1.80. The number of methoxy groups -OCH3 is 1. The van der Waals surface area contributed by atoms with Crippen molar-refractivity contribution in [3.05, 3.63) is 23.3 Å². The zero-order valence-corrected chi connectivity index (χ0v) is 10.0. The predicted molar refractivity (Wildman–Crippen MR) is 63.3 cm³/mol. The summed E-state index contributed by atoms with van der Waals surface area (Å²) in [5.41, 5.74) is 1.21. The highest BCUT2D eigenvalue weighted by molar-refractivity contribution is 5.98. The van der Waals surface area contributed by atoms with Gasteiger partial charge in [0.2, 0.25) is 0 Å². The molecular weight excluding hydrogens is 204 g/mol. The average Bonchev–Trinajstić information content (AvgIpc) is 2.25. The molecule has 0 bridgehead atoms. The number of ketones is 1. The van der Waals surface area contributed by atoms with E-state index >= 15 is 0 Å². The van der Waals surface area contributed by atoms with E-state index in [4.69, 9.17) is 4.74 Å². The van der Waals surface area contributed by atoms with Crippen molar-refractivity contribution in [2.75, 3.05) is 7.11 Å². The summed E-state index contributed by atoms with van der Waals surface area (Å²) in [5, 5.41) is 9.70. The number of phenolic OH excluding ortho intramolecular Hbond substituents is 1. The lowest BCUT2D eigenvalue weighted by atomic mass is 9.97. The number of Topliss-reactive ketones (excluding diaryl/α,β-unsaturated/α-hetero) is 1. The van der Waals surface area contributed by atoms with Crippen LogP contribution in [0.3, 0.4) is 0 Å². The highest BCUT2D eigenvalue weighted by atomic mass is 16.5. The van der Waals surface area contributed by atoms with E-state index < -0.39 is 0 Å². The number of hydrogen-bond acceptors (Lipinski definition) is 3. The Morgan fingerprint density at radius 2 is 2.12 bits per heavy atom. The average molecular weight is 222 g/mol. The number of carbonyl (C=O) groups is 1. The second-order valence-electron chi connectivity index (χ2n) is 3.80. The van der Waals surface area contributed by atoms with Crippen molar-refractivity contribution < 1.29 is 14.6 Å². The van der Waals surface area contributed by atoms with Gasteiger partial charge in [0.05, 0.1) is 12.7 Å². The third kappa shape index (κ3) is 2.54. The maximum Gasteiger partial charge on any atom is 0.163 e. The van der Waals surface area contributed by atoms with E-state index in [9.17, 15) is 9.90 Å². The van der Waals surface area contributed by atoms with Gasteiger partial charge in [-0.3, -0.25) is 4.79 Å². The van der Waals surface area contributed by atoms with Gasteiger partial charge in [-0.25, -0.2) is 0 Å². The Kier molecular flexibility index (Phi) is 4.35. The summed E-state index contributed by atoms with van der Waals surface area (Å²) in [6.45, 7) is 3.55. The molecule has 0 heterocycles. The molecule has 1 aromatic rings. The molecule has 0 aliphatic rings. The van der Waals surface area contributed by atoms with Crippen molar-refractivity contribution in [1.29, 1.82) is 0 Å². The van der Waals surface area contributed by atoms with Crippen LogP contribution in [0.25, 0.3) is 0 Å². The van der Waals surface area contributed by atoms with Gasteiger partial charge in [-0.2, -0.15) is 0 Å². The molecule has 0 fully saturated rings. The van der Waals surface area contributed by atoms with E-state index in [2.05, 4.69) is 6.92 Å². The zero-order valence-electron chi connectivity index (χ0n) is 10.0. The molecule has 0 unspecified atom stereocenters. The van der Waals surface area contributed by atoms with Gasteiger partial charge < -0.3 is 9.84 Å². The van der Waals surface area contributed by atoms with Gasteiger partial charge in [-0.1, -0.05) is 13.3 Å². The van der Waals surface area contributed by atoms with Crippen LogP contribution in [0.5, 0.6) is 11.5 Å². The van der Waals surface area contributed by atoms with Crippen molar-refractivity contribution in [2.45, 2.75) is 33.1 Å². The Balaban J connectivity index is 3.25. The normalized spacial score (nSPS) is 10.2. The maximum atomic E-state index is 11.5. The van der Waals surface area contributed by atoms with E-state index in [-0.39, 0.29) is 11.5 Å². The third-order valence-corrected chi connectivity index (χ3v) is 2.60. The minimum absolute atomic E-state index is 0.0411. The number of rotatable bonds is 5. The first-order valence-electron chi connectivity index (χ1n) is 5.51. The van der Waals surface area contributed by atoms with Crippen molar-refractivity contribution in [2.24, 2.45) is 0 Å². The molecule has 3 nitrogen and oxygen atoms in total. The molecule has 0 saturated heterocycles. The number of benzene rings is 1. The molecule has 1 rings (SSSR count). The van der Waals surface area contributed by atoms with Crippen LogP contribution < -0.4 is 4.74 Å². The molecule has 3 heteroatoms. The summed E-state index contributed by atoms with van der Waals surface area (Å²) in [7, 11) is 1.58. The van der Waals surface area contributed by atoms with Crippen molar-refractivity contribution >= 4 is 5.78 Å². The first-order chi connectivity index (χ1) is 7.61. The van der Waals surface area contributed by atoms with Crippen LogP contribution in [0.2, 0.25) is 0 Å².